The molecule has 0 amide bonds. The molecule has 0 N–H and O–H groups in total. The molecule has 6 aromatic carbocycles. The standard InChI is InChI=1S/C74H89N3O6/c1-7-11-15-19-43-80-71-52-65(49-58(54-75)55-76)72(81-44-20-16-12-8-2)50-63(71)33-31-61-47-56-23-27-59(61)28-24-57-26-30-60(29-25-56)62(48-57)32-34-64-51-74(83-46-22-18-14-10-4)70(53-73(64)82-45-21-17-13-9-3)77(66-35-39-68(78-5)40-36-66)67-37-41-69(79-6)42-38-67/h23,26-27,30-42,47-53H,7-22,24-25,28-29,43-46H2,1-6H3/b33-31+,34-32+. The van der Waals surface area contributed by atoms with E-state index in [4.69, 9.17) is 28.4 Å². The highest BCUT2D eigenvalue weighted by Gasteiger charge is 2.22. The van der Waals surface area contributed by atoms with Crippen LogP contribution in [0.3, 0.4) is 0 Å². The summed E-state index contributed by atoms with van der Waals surface area (Å²) in [5, 5.41) is 19.5. The molecule has 10 rings (SSSR count). The van der Waals surface area contributed by atoms with E-state index in [0.717, 1.165) is 167 Å². The summed E-state index contributed by atoms with van der Waals surface area (Å²) in [4.78, 5) is 2.24. The van der Waals surface area contributed by atoms with Gasteiger partial charge in [-0.15, -0.1) is 0 Å². The Hall–Kier alpha value is -7.88. The highest BCUT2D eigenvalue weighted by atomic mass is 16.5. The SMILES string of the molecule is CCCCCCOc1cc(/C=C/c2cc3ccc2CCc2ccc(c(/C=C/c4cc(OCCCCCC)c(N(c5ccc(OC)cc5)c5ccc(OC)cc5)cc4OCCCCCC)c2)CC3)c(OCCCCCC)cc1C=C(C#N)C#N. The van der Waals surface area contributed by atoms with E-state index >= 15 is 0 Å². The molecule has 83 heavy (non-hydrogen) atoms. The van der Waals surface area contributed by atoms with Crippen LogP contribution >= 0.6 is 0 Å². The lowest BCUT2D eigenvalue weighted by Gasteiger charge is -2.29. The molecule has 0 radical (unpaired) electrons. The first-order valence-corrected chi connectivity index (χ1v) is 30.9. The third kappa shape index (κ3) is 19.1. The third-order valence-electron chi connectivity index (χ3n) is 15.4. The second-order valence-electron chi connectivity index (χ2n) is 21.7. The quantitative estimate of drug-likeness (QED) is 0.0222. The number of hydrogen-bond acceptors (Lipinski definition) is 9. The van der Waals surface area contributed by atoms with Gasteiger partial charge in [0.15, 0.2) is 0 Å². The van der Waals surface area contributed by atoms with Gasteiger partial charge in [0.25, 0.3) is 0 Å². The number of nitrogens with zero attached hydrogens (tertiary/aromatic N) is 3. The second kappa shape index (κ2) is 34.5. The molecule has 6 aromatic rings. The van der Waals surface area contributed by atoms with Gasteiger partial charge in [-0.25, -0.2) is 0 Å². The topological polar surface area (TPSA) is 106 Å². The van der Waals surface area contributed by atoms with Gasteiger partial charge < -0.3 is 33.3 Å². The van der Waals surface area contributed by atoms with Crippen LogP contribution in [0.25, 0.3) is 30.4 Å². The van der Waals surface area contributed by atoms with Crippen LogP contribution in [0.4, 0.5) is 17.1 Å². The second-order valence-corrected chi connectivity index (χ2v) is 21.7. The Morgan fingerprint density at radius 3 is 1.19 bits per heavy atom. The van der Waals surface area contributed by atoms with Crippen molar-refractivity contribution < 1.29 is 28.4 Å². The third-order valence-corrected chi connectivity index (χ3v) is 15.4. The minimum Gasteiger partial charge on any atom is -0.497 e. The van der Waals surface area contributed by atoms with Crippen LogP contribution in [0.5, 0.6) is 34.5 Å². The Kier molecular flexibility index (Phi) is 26.1. The summed E-state index contributed by atoms with van der Waals surface area (Å²) in [6, 6.07) is 42.7. The molecule has 0 atom stereocenters. The number of aryl methyl sites for hydroxylation is 4. The summed E-state index contributed by atoms with van der Waals surface area (Å²) in [6.45, 7) is 11.2. The Morgan fingerprint density at radius 2 is 0.783 bits per heavy atom. The van der Waals surface area contributed by atoms with Gasteiger partial charge in [0.1, 0.15) is 52.2 Å². The van der Waals surface area contributed by atoms with Crippen molar-refractivity contribution in [3.8, 4) is 46.6 Å². The van der Waals surface area contributed by atoms with E-state index in [1.54, 1.807) is 20.3 Å². The van der Waals surface area contributed by atoms with Crippen LogP contribution in [-0.2, 0) is 25.7 Å². The molecule has 9 nitrogen and oxygen atoms in total. The number of anilines is 3. The van der Waals surface area contributed by atoms with Crippen molar-refractivity contribution in [1.29, 1.82) is 10.5 Å². The molecule has 0 saturated carbocycles. The largest absolute Gasteiger partial charge is 0.497 e. The van der Waals surface area contributed by atoms with Crippen LogP contribution < -0.4 is 33.3 Å². The van der Waals surface area contributed by atoms with Crippen LogP contribution in [0.1, 0.15) is 180 Å². The fraction of sp³-hybridized carbons (Fsp3) is 0.405. The number of benzene rings is 6. The minimum absolute atomic E-state index is 0.0232. The maximum absolute atomic E-state index is 9.74. The maximum atomic E-state index is 9.74. The van der Waals surface area contributed by atoms with Crippen LogP contribution in [-0.4, -0.2) is 40.6 Å². The number of unbranched alkanes of at least 4 members (excludes halogenated alkanes) is 12. The molecule has 4 bridgehead atoms. The van der Waals surface area contributed by atoms with Gasteiger partial charge in [0, 0.05) is 34.1 Å². The van der Waals surface area contributed by atoms with Gasteiger partial charge in [-0.2, -0.15) is 10.5 Å². The average molecular weight is 1120 g/mol. The van der Waals surface area contributed by atoms with Crippen molar-refractivity contribution in [2.75, 3.05) is 45.5 Å². The Bertz CT molecular complexity index is 3080. The number of methoxy groups -OCH3 is 2. The molecular weight excluding hydrogens is 1030 g/mol. The zero-order valence-electron chi connectivity index (χ0n) is 50.5. The van der Waals surface area contributed by atoms with E-state index in [9.17, 15) is 10.5 Å². The normalized spacial score (nSPS) is 11.9. The summed E-state index contributed by atoms with van der Waals surface area (Å²) < 4.78 is 37.9. The summed E-state index contributed by atoms with van der Waals surface area (Å²) >= 11 is 0. The van der Waals surface area contributed by atoms with E-state index in [1.165, 1.54) is 46.2 Å². The van der Waals surface area contributed by atoms with Gasteiger partial charge in [0.2, 0.25) is 0 Å². The van der Waals surface area contributed by atoms with Crippen LogP contribution in [0.15, 0.2) is 115 Å². The molecule has 0 heterocycles. The number of rotatable bonds is 34. The van der Waals surface area contributed by atoms with E-state index in [0.29, 0.717) is 43.5 Å². The predicted octanol–water partition coefficient (Wildman–Crippen LogP) is 19.7. The molecule has 0 spiro atoms. The first-order valence-electron chi connectivity index (χ1n) is 30.9. The maximum Gasteiger partial charge on any atom is 0.144 e. The molecular formula is C74H89N3O6. The summed E-state index contributed by atoms with van der Waals surface area (Å²) in [7, 11) is 3.39. The van der Waals surface area contributed by atoms with Gasteiger partial charge in [-0.1, -0.05) is 165 Å². The van der Waals surface area contributed by atoms with E-state index in [2.05, 4.69) is 130 Å². The predicted molar refractivity (Wildman–Crippen MR) is 344 cm³/mol. The van der Waals surface area contributed by atoms with E-state index < -0.39 is 0 Å². The first kappa shape index (κ1) is 62.7. The lowest BCUT2D eigenvalue weighted by Crippen LogP contribution is -2.13. The Labute approximate surface area is 497 Å². The molecule has 0 fully saturated rings. The molecule has 4 aliphatic carbocycles. The Balaban J connectivity index is 1.23. The average Bonchev–Trinajstić information content (AvgIpc) is 3.70. The summed E-state index contributed by atoms with van der Waals surface area (Å²) in [5.74, 6) is 4.51. The molecule has 4 aliphatic rings. The fourth-order valence-electron chi connectivity index (χ4n) is 10.5. The van der Waals surface area contributed by atoms with Crippen LogP contribution in [0, 0.1) is 22.7 Å². The van der Waals surface area contributed by atoms with Crippen molar-refractivity contribution in [2.24, 2.45) is 0 Å². The lowest BCUT2D eigenvalue weighted by atomic mass is 9.90. The molecule has 0 saturated heterocycles. The molecule has 436 valence electrons. The highest BCUT2D eigenvalue weighted by Crippen LogP contribution is 2.45. The van der Waals surface area contributed by atoms with Crippen molar-refractivity contribution in [1.82, 2.24) is 0 Å². The molecule has 9 heteroatoms. The molecule has 0 unspecified atom stereocenters. The fourth-order valence-corrected chi connectivity index (χ4v) is 10.5. The summed E-state index contributed by atoms with van der Waals surface area (Å²) in [6.07, 6.45) is 31.4. The number of nitriles is 2. The highest BCUT2D eigenvalue weighted by molar-refractivity contribution is 5.85. The van der Waals surface area contributed by atoms with Crippen LogP contribution in [0.2, 0.25) is 0 Å². The minimum atomic E-state index is 0.0232. The zero-order valence-corrected chi connectivity index (χ0v) is 50.5. The number of ether oxygens (including phenoxy) is 6. The van der Waals surface area contributed by atoms with E-state index in [-0.39, 0.29) is 5.57 Å². The van der Waals surface area contributed by atoms with Gasteiger partial charge in [0.05, 0.1) is 46.3 Å². The molecule has 0 aliphatic heterocycles. The van der Waals surface area contributed by atoms with E-state index in [1.807, 2.05) is 48.5 Å². The zero-order chi connectivity index (χ0) is 58.4. The van der Waals surface area contributed by atoms with Crippen molar-refractivity contribution >= 4 is 47.4 Å². The van der Waals surface area contributed by atoms with Gasteiger partial charge in [-0.05, 0) is 158 Å². The van der Waals surface area contributed by atoms with Crippen molar-refractivity contribution in [2.45, 2.75) is 156 Å². The smallest absolute Gasteiger partial charge is 0.144 e. The van der Waals surface area contributed by atoms with Gasteiger partial charge in [-0.3, -0.25) is 0 Å². The van der Waals surface area contributed by atoms with Crippen molar-refractivity contribution in [3.05, 3.63) is 165 Å². The monoisotopic (exact) mass is 1120 g/mol. The van der Waals surface area contributed by atoms with Crippen molar-refractivity contribution in [3.63, 3.8) is 0 Å². The molecule has 0 aromatic heterocycles. The number of allylic oxidation sites excluding steroid dienone is 1. The summed E-state index contributed by atoms with van der Waals surface area (Å²) in [5.41, 5.74) is 12.9. The van der Waals surface area contributed by atoms with Gasteiger partial charge >= 0.3 is 0 Å². The number of hydrogen-bond donors (Lipinski definition) is 0. The Morgan fingerprint density at radius 1 is 0.410 bits per heavy atom. The first-order chi connectivity index (χ1) is 40.8. The lowest BCUT2D eigenvalue weighted by molar-refractivity contribution is 0.296.